The van der Waals surface area contributed by atoms with E-state index in [1.54, 1.807) is 0 Å². The van der Waals surface area contributed by atoms with Gasteiger partial charge in [-0.25, -0.2) is 0 Å². The third-order valence-electron chi connectivity index (χ3n) is 8.59. The van der Waals surface area contributed by atoms with E-state index in [2.05, 4.69) is 85.7 Å². The van der Waals surface area contributed by atoms with E-state index >= 15 is 0 Å². The van der Waals surface area contributed by atoms with Crippen LogP contribution < -0.4 is 10.1 Å². The SMILES string of the molecule is Cc1ccc2c(c1)B(OC(C)C)Oc1c-2cc(C(C)(C)C)cc1C1(C)CC2CC(C)CC(C2)C1. The van der Waals surface area contributed by atoms with Gasteiger partial charge in [0.25, 0.3) is 0 Å². The Morgan fingerprint density at radius 2 is 1.68 bits per heavy atom. The summed E-state index contributed by atoms with van der Waals surface area (Å²) in [5.74, 6) is 3.62. The van der Waals surface area contributed by atoms with Crippen molar-refractivity contribution in [3.63, 3.8) is 0 Å². The predicted molar refractivity (Wildman–Crippen MR) is 144 cm³/mol. The molecule has 0 saturated heterocycles. The Hall–Kier alpha value is -1.74. The lowest BCUT2D eigenvalue weighted by Gasteiger charge is -2.48. The fourth-order valence-electron chi connectivity index (χ4n) is 7.29. The second-order valence-corrected chi connectivity index (χ2v) is 13.4. The number of aryl methyl sites for hydroxylation is 1. The second-order valence-electron chi connectivity index (χ2n) is 13.4. The van der Waals surface area contributed by atoms with Gasteiger partial charge in [-0.15, -0.1) is 0 Å². The zero-order valence-electron chi connectivity index (χ0n) is 22.6. The van der Waals surface area contributed by atoms with Gasteiger partial charge in [0.1, 0.15) is 5.75 Å². The molecule has 2 aromatic carbocycles. The standard InChI is InChI=1S/C31H43BO2/c1-19(2)33-32-28-13-20(3)9-10-25(28)26-15-24(30(5,6)7)16-27(29(26)34-32)31(8)17-22-11-21(4)12-23(14-22)18-31/h9-10,13,15-16,19,21-23H,11-12,14,17-18H2,1-8H3. The summed E-state index contributed by atoms with van der Waals surface area (Å²) < 4.78 is 13.2. The van der Waals surface area contributed by atoms with Crippen molar-refractivity contribution in [2.75, 3.05) is 0 Å². The molecule has 182 valence electrons. The average Bonchev–Trinajstić information content (AvgIpc) is 2.71. The summed E-state index contributed by atoms with van der Waals surface area (Å²) in [6.45, 7) is 18.3. The van der Waals surface area contributed by atoms with Crippen molar-refractivity contribution in [3.05, 3.63) is 47.0 Å². The van der Waals surface area contributed by atoms with Crippen LogP contribution in [0.2, 0.25) is 0 Å². The summed E-state index contributed by atoms with van der Waals surface area (Å²) in [5, 5.41) is 0. The molecule has 34 heavy (non-hydrogen) atoms. The lowest BCUT2D eigenvalue weighted by atomic mass is 9.56. The molecule has 2 aliphatic carbocycles. The normalized spacial score (nSPS) is 28.4. The van der Waals surface area contributed by atoms with Crippen LogP contribution >= 0.6 is 0 Å². The Kier molecular flexibility index (Phi) is 5.95. The van der Waals surface area contributed by atoms with Crippen LogP contribution in [0.1, 0.15) is 97.3 Å². The summed E-state index contributed by atoms with van der Waals surface area (Å²) >= 11 is 0. The van der Waals surface area contributed by atoms with Gasteiger partial charge in [-0.2, -0.15) is 0 Å². The molecule has 2 fully saturated rings. The molecule has 2 bridgehead atoms. The van der Waals surface area contributed by atoms with E-state index < -0.39 is 0 Å². The Bertz CT molecular complexity index is 1060. The molecule has 0 N–H and O–H groups in total. The number of fused-ring (bicyclic) bond motifs is 5. The molecule has 2 aromatic rings. The highest BCUT2D eigenvalue weighted by molar-refractivity contribution is 6.64. The minimum absolute atomic E-state index is 0.0787. The number of benzene rings is 2. The van der Waals surface area contributed by atoms with Gasteiger partial charge in [0.15, 0.2) is 0 Å². The van der Waals surface area contributed by atoms with Crippen LogP contribution in [0.4, 0.5) is 0 Å². The van der Waals surface area contributed by atoms with Crippen LogP contribution in [-0.2, 0) is 15.5 Å². The van der Waals surface area contributed by atoms with Crippen LogP contribution in [0.15, 0.2) is 30.3 Å². The van der Waals surface area contributed by atoms with Crippen molar-refractivity contribution in [1.29, 1.82) is 0 Å². The van der Waals surface area contributed by atoms with E-state index in [0.29, 0.717) is 0 Å². The number of hydrogen-bond acceptors (Lipinski definition) is 2. The molecule has 1 heterocycles. The maximum Gasteiger partial charge on any atom is 0.563 e. The molecule has 2 saturated carbocycles. The first-order chi connectivity index (χ1) is 15.9. The maximum atomic E-state index is 6.86. The molecule has 1 aliphatic heterocycles. The van der Waals surface area contributed by atoms with E-state index in [1.807, 2.05) is 0 Å². The highest BCUT2D eigenvalue weighted by Crippen LogP contribution is 2.55. The maximum absolute atomic E-state index is 6.86. The van der Waals surface area contributed by atoms with Crippen LogP contribution in [0.5, 0.6) is 5.75 Å². The van der Waals surface area contributed by atoms with Crippen molar-refractivity contribution >= 4 is 12.6 Å². The second kappa shape index (κ2) is 8.44. The van der Waals surface area contributed by atoms with E-state index in [1.165, 1.54) is 59.9 Å². The summed E-state index contributed by atoms with van der Waals surface area (Å²) in [6, 6.07) is 11.7. The van der Waals surface area contributed by atoms with Crippen LogP contribution in [0.3, 0.4) is 0 Å². The average molecular weight is 458 g/mol. The topological polar surface area (TPSA) is 18.5 Å². The van der Waals surface area contributed by atoms with Crippen molar-refractivity contribution in [2.24, 2.45) is 17.8 Å². The largest absolute Gasteiger partial charge is 0.563 e. The van der Waals surface area contributed by atoms with E-state index in [0.717, 1.165) is 29.0 Å². The van der Waals surface area contributed by atoms with Gasteiger partial charge in [-0.1, -0.05) is 64.4 Å². The molecule has 0 radical (unpaired) electrons. The van der Waals surface area contributed by atoms with Gasteiger partial charge < -0.3 is 9.31 Å². The molecule has 0 amide bonds. The Morgan fingerprint density at radius 1 is 1.00 bits per heavy atom. The van der Waals surface area contributed by atoms with E-state index in [9.17, 15) is 0 Å². The molecule has 2 atom stereocenters. The quantitative estimate of drug-likeness (QED) is 0.442. The first-order valence-corrected chi connectivity index (χ1v) is 13.5. The van der Waals surface area contributed by atoms with E-state index in [4.69, 9.17) is 9.31 Å². The van der Waals surface area contributed by atoms with Crippen molar-refractivity contribution in [1.82, 2.24) is 0 Å². The zero-order valence-corrected chi connectivity index (χ0v) is 22.6. The monoisotopic (exact) mass is 458 g/mol. The van der Waals surface area contributed by atoms with Gasteiger partial charge in [-0.05, 0) is 104 Å². The van der Waals surface area contributed by atoms with Gasteiger partial charge in [0.05, 0.1) is 0 Å². The number of rotatable bonds is 3. The summed E-state index contributed by atoms with van der Waals surface area (Å²) in [5.41, 5.74) is 7.99. The molecule has 5 rings (SSSR count). The van der Waals surface area contributed by atoms with Crippen LogP contribution in [0.25, 0.3) is 11.1 Å². The van der Waals surface area contributed by atoms with Crippen molar-refractivity contribution < 1.29 is 9.31 Å². The summed E-state index contributed by atoms with van der Waals surface area (Å²) in [6.07, 6.45) is 6.83. The molecular formula is C31H43BO2. The Balaban J connectivity index is 1.70. The fourth-order valence-corrected chi connectivity index (χ4v) is 7.29. The van der Waals surface area contributed by atoms with Crippen LogP contribution in [0, 0.1) is 24.7 Å². The molecule has 2 unspecified atom stereocenters. The molecule has 3 aliphatic rings. The molecular weight excluding hydrogens is 415 g/mol. The highest BCUT2D eigenvalue weighted by Gasteiger charge is 2.45. The summed E-state index contributed by atoms with van der Waals surface area (Å²) in [7, 11) is -0.353. The molecule has 0 aromatic heterocycles. The molecule has 2 nitrogen and oxygen atoms in total. The third kappa shape index (κ3) is 4.34. The number of hydrogen-bond donors (Lipinski definition) is 0. The van der Waals surface area contributed by atoms with Crippen molar-refractivity contribution in [2.45, 2.75) is 104 Å². The van der Waals surface area contributed by atoms with E-state index in [-0.39, 0.29) is 24.1 Å². The first-order valence-electron chi connectivity index (χ1n) is 13.5. The van der Waals surface area contributed by atoms with Gasteiger partial charge >= 0.3 is 7.12 Å². The fraction of sp³-hybridized carbons (Fsp3) is 0.613. The van der Waals surface area contributed by atoms with Gasteiger partial charge in [0, 0.05) is 17.1 Å². The molecule has 0 spiro atoms. The highest BCUT2D eigenvalue weighted by atomic mass is 16.6. The molecule has 3 heteroatoms. The lowest BCUT2D eigenvalue weighted by Crippen LogP contribution is -2.46. The Labute approximate surface area is 208 Å². The minimum atomic E-state index is -0.353. The summed E-state index contributed by atoms with van der Waals surface area (Å²) in [4.78, 5) is 0. The predicted octanol–water partition coefficient (Wildman–Crippen LogP) is 7.58. The van der Waals surface area contributed by atoms with Gasteiger partial charge in [0.2, 0.25) is 0 Å². The lowest BCUT2D eigenvalue weighted by molar-refractivity contribution is 0.0888. The van der Waals surface area contributed by atoms with Crippen molar-refractivity contribution in [3.8, 4) is 16.9 Å². The van der Waals surface area contributed by atoms with Gasteiger partial charge in [-0.3, -0.25) is 0 Å². The minimum Gasteiger partial charge on any atom is -0.532 e. The van der Waals surface area contributed by atoms with Crippen LogP contribution in [-0.4, -0.2) is 13.2 Å². The smallest absolute Gasteiger partial charge is 0.532 e. The third-order valence-corrected chi connectivity index (χ3v) is 8.59. The first kappa shape index (κ1) is 24.0. The Morgan fingerprint density at radius 3 is 2.29 bits per heavy atom. The zero-order chi connectivity index (χ0) is 24.4.